The van der Waals surface area contributed by atoms with Crippen molar-refractivity contribution in [1.82, 2.24) is 0 Å². The zero-order chi connectivity index (χ0) is 13.0. The van der Waals surface area contributed by atoms with E-state index in [2.05, 4.69) is 27.7 Å². The molecule has 1 aromatic carbocycles. The summed E-state index contributed by atoms with van der Waals surface area (Å²) < 4.78 is 0. The molecular weight excluding hydrogens is 210 g/mol. The summed E-state index contributed by atoms with van der Waals surface area (Å²) in [5, 5.41) is 0. The molecule has 91 valence electrons. The van der Waals surface area contributed by atoms with E-state index >= 15 is 0 Å². The van der Waals surface area contributed by atoms with Gasteiger partial charge in [-0.25, -0.2) is 0 Å². The Morgan fingerprint density at radius 2 is 1.82 bits per heavy atom. The fourth-order valence-corrected chi connectivity index (χ4v) is 2.45. The SMILES string of the molecule is [CH2]c1ccc2c(c1)C(C)(C)C(=O)N2C(C)(C)C. The lowest BCUT2D eigenvalue weighted by Crippen LogP contribution is -2.47. The lowest BCUT2D eigenvalue weighted by molar-refractivity contribution is -0.123. The van der Waals surface area contributed by atoms with Crippen molar-refractivity contribution in [3.05, 3.63) is 36.2 Å². The quantitative estimate of drug-likeness (QED) is 0.669. The van der Waals surface area contributed by atoms with Gasteiger partial charge in [-0.15, -0.1) is 0 Å². The molecule has 0 bridgehead atoms. The summed E-state index contributed by atoms with van der Waals surface area (Å²) in [7, 11) is 0. The largest absolute Gasteiger partial charge is 0.306 e. The Morgan fingerprint density at radius 1 is 1.24 bits per heavy atom. The van der Waals surface area contributed by atoms with Gasteiger partial charge in [-0.2, -0.15) is 0 Å². The molecule has 0 atom stereocenters. The molecule has 0 N–H and O–H groups in total. The Hall–Kier alpha value is -1.31. The van der Waals surface area contributed by atoms with Crippen molar-refractivity contribution in [2.75, 3.05) is 4.90 Å². The Morgan fingerprint density at radius 3 is 2.35 bits per heavy atom. The average Bonchev–Trinajstić information content (AvgIpc) is 2.36. The highest BCUT2D eigenvalue weighted by Gasteiger charge is 2.47. The van der Waals surface area contributed by atoms with Crippen LogP contribution in [0, 0.1) is 6.92 Å². The zero-order valence-corrected chi connectivity index (χ0v) is 11.3. The molecule has 0 aromatic heterocycles. The molecule has 1 radical (unpaired) electrons. The lowest BCUT2D eigenvalue weighted by atomic mass is 9.85. The van der Waals surface area contributed by atoms with Crippen LogP contribution in [-0.4, -0.2) is 11.4 Å². The fourth-order valence-electron chi connectivity index (χ4n) is 2.45. The summed E-state index contributed by atoms with van der Waals surface area (Å²) in [4.78, 5) is 14.5. The van der Waals surface area contributed by atoms with Gasteiger partial charge in [0.15, 0.2) is 0 Å². The first-order valence-corrected chi connectivity index (χ1v) is 5.97. The molecule has 0 saturated heterocycles. The highest BCUT2D eigenvalue weighted by Crippen LogP contribution is 2.44. The number of nitrogens with zero attached hydrogens (tertiary/aromatic N) is 1. The minimum atomic E-state index is -0.448. The van der Waals surface area contributed by atoms with E-state index in [9.17, 15) is 4.79 Å². The van der Waals surface area contributed by atoms with E-state index in [-0.39, 0.29) is 11.4 Å². The maximum Gasteiger partial charge on any atom is 0.237 e. The van der Waals surface area contributed by atoms with E-state index in [1.54, 1.807) is 0 Å². The molecule has 0 fully saturated rings. The number of anilines is 1. The first-order chi connectivity index (χ1) is 7.65. The van der Waals surface area contributed by atoms with E-state index in [4.69, 9.17) is 0 Å². The van der Waals surface area contributed by atoms with Crippen molar-refractivity contribution in [3.8, 4) is 0 Å². The second-order valence-corrected chi connectivity index (χ2v) is 6.29. The normalized spacial score (nSPS) is 18.5. The molecule has 1 heterocycles. The minimum Gasteiger partial charge on any atom is -0.306 e. The van der Waals surface area contributed by atoms with E-state index in [0.29, 0.717) is 0 Å². The highest BCUT2D eigenvalue weighted by atomic mass is 16.2. The minimum absolute atomic E-state index is 0.172. The molecule has 2 nitrogen and oxygen atoms in total. The van der Waals surface area contributed by atoms with Crippen LogP contribution < -0.4 is 4.90 Å². The van der Waals surface area contributed by atoms with E-state index in [0.717, 1.165) is 16.8 Å². The number of carbonyl (C=O) groups excluding carboxylic acids is 1. The second-order valence-electron chi connectivity index (χ2n) is 6.29. The smallest absolute Gasteiger partial charge is 0.237 e. The van der Waals surface area contributed by atoms with Gasteiger partial charge in [0.1, 0.15) is 0 Å². The summed E-state index contributed by atoms with van der Waals surface area (Å²) in [5.74, 6) is 0.172. The van der Waals surface area contributed by atoms with Gasteiger partial charge in [-0.05, 0) is 58.7 Å². The Balaban J connectivity index is 2.68. The summed E-state index contributed by atoms with van der Waals surface area (Å²) in [6, 6.07) is 6.00. The molecular formula is C15H20NO. The Labute approximate surface area is 104 Å². The highest BCUT2D eigenvalue weighted by molar-refractivity contribution is 6.08. The van der Waals surface area contributed by atoms with Crippen LogP contribution in [-0.2, 0) is 10.2 Å². The molecule has 0 unspecified atom stereocenters. The van der Waals surface area contributed by atoms with Crippen molar-refractivity contribution in [3.63, 3.8) is 0 Å². The van der Waals surface area contributed by atoms with Gasteiger partial charge in [0.25, 0.3) is 0 Å². The number of carbonyl (C=O) groups is 1. The standard InChI is InChI=1S/C15H20NO/c1-10-7-8-12-11(9-10)15(5,6)13(17)16(12)14(2,3)4/h7-9H,1H2,2-6H3. The van der Waals surface area contributed by atoms with Gasteiger partial charge in [0, 0.05) is 11.2 Å². The third kappa shape index (κ3) is 1.67. The summed E-state index contributed by atoms with van der Waals surface area (Å²) in [6.45, 7) is 14.1. The predicted molar refractivity (Wildman–Crippen MR) is 71.2 cm³/mol. The van der Waals surface area contributed by atoms with Gasteiger partial charge >= 0.3 is 0 Å². The number of amides is 1. The summed E-state index contributed by atoms with van der Waals surface area (Å²) >= 11 is 0. The number of hydrogen-bond donors (Lipinski definition) is 0. The molecule has 1 amide bonds. The van der Waals surface area contributed by atoms with Gasteiger partial charge in [0.05, 0.1) is 5.41 Å². The molecule has 0 saturated carbocycles. The van der Waals surface area contributed by atoms with Crippen LogP contribution in [0.25, 0.3) is 0 Å². The van der Waals surface area contributed by atoms with Crippen LogP contribution in [0.2, 0.25) is 0 Å². The van der Waals surface area contributed by atoms with Crippen LogP contribution in [0.3, 0.4) is 0 Å². The Kier molecular flexibility index (Phi) is 2.39. The molecule has 2 rings (SSSR count). The third-order valence-corrected chi connectivity index (χ3v) is 3.38. The second kappa shape index (κ2) is 3.34. The van der Waals surface area contributed by atoms with Crippen LogP contribution in [0.5, 0.6) is 0 Å². The average molecular weight is 230 g/mol. The molecule has 1 aromatic rings. The van der Waals surface area contributed by atoms with E-state index in [1.165, 1.54) is 0 Å². The van der Waals surface area contributed by atoms with Crippen LogP contribution in [0.1, 0.15) is 45.7 Å². The topological polar surface area (TPSA) is 20.3 Å². The van der Waals surface area contributed by atoms with Crippen LogP contribution >= 0.6 is 0 Å². The van der Waals surface area contributed by atoms with Crippen molar-refractivity contribution in [2.45, 2.75) is 45.6 Å². The lowest BCUT2D eigenvalue weighted by Gasteiger charge is -2.33. The Bertz CT molecular complexity index is 480. The van der Waals surface area contributed by atoms with Crippen molar-refractivity contribution in [2.24, 2.45) is 0 Å². The molecule has 0 aliphatic carbocycles. The summed E-state index contributed by atoms with van der Waals surface area (Å²) in [5.41, 5.74) is 2.43. The number of hydrogen-bond acceptors (Lipinski definition) is 1. The van der Waals surface area contributed by atoms with E-state index in [1.807, 2.05) is 36.9 Å². The van der Waals surface area contributed by atoms with Crippen molar-refractivity contribution < 1.29 is 4.79 Å². The maximum absolute atomic E-state index is 12.5. The number of benzene rings is 1. The van der Waals surface area contributed by atoms with Crippen molar-refractivity contribution >= 4 is 11.6 Å². The van der Waals surface area contributed by atoms with Gasteiger partial charge in [0.2, 0.25) is 5.91 Å². The molecule has 1 aliphatic heterocycles. The predicted octanol–water partition coefficient (Wildman–Crippen LogP) is 3.29. The van der Waals surface area contributed by atoms with Crippen molar-refractivity contribution in [1.29, 1.82) is 0 Å². The first kappa shape index (κ1) is 12.2. The molecule has 17 heavy (non-hydrogen) atoms. The van der Waals surface area contributed by atoms with E-state index < -0.39 is 5.41 Å². The maximum atomic E-state index is 12.5. The fraction of sp³-hybridized carbons (Fsp3) is 0.467. The van der Waals surface area contributed by atoms with Crippen LogP contribution in [0.15, 0.2) is 18.2 Å². The zero-order valence-electron chi connectivity index (χ0n) is 11.3. The number of fused-ring (bicyclic) bond motifs is 1. The molecule has 0 spiro atoms. The first-order valence-electron chi connectivity index (χ1n) is 5.97. The van der Waals surface area contributed by atoms with Crippen LogP contribution in [0.4, 0.5) is 5.69 Å². The van der Waals surface area contributed by atoms with Gasteiger partial charge in [-0.3, -0.25) is 4.79 Å². The molecule has 2 heteroatoms. The number of rotatable bonds is 0. The summed E-state index contributed by atoms with van der Waals surface area (Å²) in [6.07, 6.45) is 0. The monoisotopic (exact) mass is 230 g/mol. The van der Waals surface area contributed by atoms with Gasteiger partial charge < -0.3 is 4.90 Å². The molecule has 1 aliphatic rings. The third-order valence-electron chi connectivity index (χ3n) is 3.38. The van der Waals surface area contributed by atoms with Gasteiger partial charge in [-0.1, -0.05) is 12.1 Å².